The molecule has 0 radical (unpaired) electrons. The van der Waals surface area contributed by atoms with E-state index in [4.69, 9.17) is 4.74 Å². The molecule has 250 valence electrons. The molecule has 2 heteroatoms. The Hall–Kier alpha value is -2.09. The van der Waals surface area contributed by atoms with Crippen molar-refractivity contribution in [1.29, 1.82) is 0 Å². The van der Waals surface area contributed by atoms with Gasteiger partial charge in [0.1, 0.15) is 5.75 Å². The lowest BCUT2D eigenvalue weighted by atomic mass is 9.62. The molecule has 2 nitrogen and oxygen atoms in total. The average molecular weight is 607 g/mol. The topological polar surface area (TPSA) is 26.3 Å². The molecule has 0 bridgehead atoms. The van der Waals surface area contributed by atoms with Crippen molar-refractivity contribution in [3.05, 3.63) is 65.2 Å². The van der Waals surface area contributed by atoms with Gasteiger partial charge in [0.2, 0.25) is 0 Å². The SMILES string of the molecule is CCC(C)(C)C(C)(CC(C)C)C(=O)Oc1cc(C(C)(C)C)cc(C(C)(C)C)c1.CCC(CC)CC(c1ccccc1)C(C)C. The molecule has 0 saturated carbocycles. The molecule has 2 aromatic rings. The molecule has 0 spiro atoms. The Bertz CT molecular complexity index is 1090. The van der Waals surface area contributed by atoms with Crippen molar-refractivity contribution in [2.75, 3.05) is 0 Å². The van der Waals surface area contributed by atoms with E-state index in [0.717, 1.165) is 30.6 Å². The number of esters is 1. The minimum absolute atomic E-state index is 0.00760. The third-order valence-corrected chi connectivity index (χ3v) is 10.3. The summed E-state index contributed by atoms with van der Waals surface area (Å²) in [5.41, 5.74) is 3.23. The van der Waals surface area contributed by atoms with Gasteiger partial charge in [-0.05, 0) is 94.9 Å². The lowest BCUT2D eigenvalue weighted by Crippen LogP contribution is -2.45. The fourth-order valence-corrected chi connectivity index (χ4v) is 6.06. The molecule has 0 aliphatic carbocycles. The van der Waals surface area contributed by atoms with E-state index in [1.54, 1.807) is 0 Å². The van der Waals surface area contributed by atoms with Crippen LogP contribution in [0.3, 0.4) is 0 Å². The van der Waals surface area contributed by atoms with E-state index >= 15 is 0 Å². The Morgan fingerprint density at radius 2 is 1.20 bits per heavy atom. The first-order valence-electron chi connectivity index (χ1n) is 17.6. The largest absolute Gasteiger partial charge is 0.426 e. The van der Waals surface area contributed by atoms with E-state index in [1.807, 2.05) is 12.1 Å². The first kappa shape index (κ1) is 39.9. The summed E-state index contributed by atoms with van der Waals surface area (Å²) in [6.45, 7) is 35.5. The Kier molecular flexibility index (Phi) is 14.9. The number of hydrogen-bond acceptors (Lipinski definition) is 2. The number of benzene rings is 2. The molecular weight excluding hydrogens is 536 g/mol. The summed E-state index contributed by atoms with van der Waals surface area (Å²) in [4.78, 5) is 13.5. The maximum atomic E-state index is 13.5. The van der Waals surface area contributed by atoms with Crippen LogP contribution in [-0.4, -0.2) is 5.97 Å². The van der Waals surface area contributed by atoms with E-state index in [0.29, 0.717) is 11.7 Å². The van der Waals surface area contributed by atoms with Gasteiger partial charge in [-0.3, -0.25) is 4.79 Å². The number of carbonyl (C=O) groups is 1. The molecule has 0 aliphatic rings. The highest BCUT2D eigenvalue weighted by atomic mass is 16.5. The minimum Gasteiger partial charge on any atom is -0.426 e. The van der Waals surface area contributed by atoms with Crippen LogP contribution in [0.15, 0.2) is 48.5 Å². The van der Waals surface area contributed by atoms with Gasteiger partial charge in [0.15, 0.2) is 0 Å². The van der Waals surface area contributed by atoms with Gasteiger partial charge in [0.25, 0.3) is 0 Å². The maximum Gasteiger partial charge on any atom is 0.317 e. The zero-order valence-electron chi connectivity index (χ0n) is 31.8. The van der Waals surface area contributed by atoms with E-state index in [-0.39, 0.29) is 22.2 Å². The number of carbonyl (C=O) groups excluding carboxylic acids is 1. The smallest absolute Gasteiger partial charge is 0.317 e. The average Bonchev–Trinajstić information content (AvgIpc) is 2.92. The molecule has 2 unspecified atom stereocenters. The van der Waals surface area contributed by atoms with Crippen molar-refractivity contribution in [1.82, 2.24) is 0 Å². The lowest BCUT2D eigenvalue weighted by molar-refractivity contribution is -0.154. The molecule has 0 heterocycles. The lowest BCUT2D eigenvalue weighted by Gasteiger charge is -2.43. The molecule has 0 saturated heterocycles. The van der Waals surface area contributed by atoms with Gasteiger partial charge >= 0.3 is 5.97 Å². The van der Waals surface area contributed by atoms with Crippen molar-refractivity contribution >= 4 is 5.97 Å². The van der Waals surface area contributed by atoms with Crippen molar-refractivity contribution in [2.45, 2.75) is 160 Å². The fraction of sp³-hybridized carbons (Fsp3) is 0.690. The van der Waals surface area contributed by atoms with Gasteiger partial charge in [0.05, 0.1) is 5.41 Å². The molecule has 2 rings (SSSR count). The van der Waals surface area contributed by atoms with Crippen LogP contribution in [0.4, 0.5) is 0 Å². The van der Waals surface area contributed by atoms with Crippen LogP contribution in [-0.2, 0) is 15.6 Å². The molecule has 44 heavy (non-hydrogen) atoms. The monoisotopic (exact) mass is 607 g/mol. The van der Waals surface area contributed by atoms with E-state index in [2.05, 4.69) is 147 Å². The summed E-state index contributed by atoms with van der Waals surface area (Å²) in [6.07, 6.45) is 5.71. The first-order valence-corrected chi connectivity index (χ1v) is 17.6. The Morgan fingerprint density at radius 1 is 0.727 bits per heavy atom. The zero-order valence-corrected chi connectivity index (χ0v) is 31.8. The third-order valence-electron chi connectivity index (χ3n) is 10.3. The molecule has 2 atom stereocenters. The third kappa shape index (κ3) is 11.4. The second kappa shape index (κ2) is 16.5. The van der Waals surface area contributed by atoms with Crippen LogP contribution in [0.2, 0.25) is 0 Å². The predicted molar refractivity (Wildman–Crippen MR) is 194 cm³/mol. The van der Waals surface area contributed by atoms with Crippen LogP contribution in [0.1, 0.15) is 165 Å². The summed E-state index contributed by atoms with van der Waals surface area (Å²) in [6, 6.07) is 17.3. The maximum absolute atomic E-state index is 13.5. The van der Waals surface area contributed by atoms with Crippen LogP contribution < -0.4 is 4.74 Å². The highest BCUT2D eigenvalue weighted by Gasteiger charge is 2.47. The quantitative estimate of drug-likeness (QED) is 0.177. The van der Waals surface area contributed by atoms with Gasteiger partial charge in [-0.15, -0.1) is 0 Å². The summed E-state index contributed by atoms with van der Waals surface area (Å²) < 4.78 is 6.10. The van der Waals surface area contributed by atoms with Gasteiger partial charge in [-0.25, -0.2) is 0 Å². The van der Waals surface area contributed by atoms with Crippen LogP contribution in [0, 0.1) is 28.6 Å². The summed E-state index contributed by atoms with van der Waals surface area (Å²) in [5, 5.41) is 0. The Balaban J connectivity index is 0.000000511. The van der Waals surface area contributed by atoms with E-state index in [1.165, 1.54) is 36.0 Å². The standard InChI is InChI=1S/C26H44O2.C16H26/c1-13-25(10,11)26(12,17-18(2)3)22(27)28-21-15-19(23(4,5)6)14-20(16-21)24(7,8)9;1-5-14(6-2)12-16(13(3)4)15-10-8-7-9-11-15/h14-16,18H,13,17H2,1-12H3;7-11,13-14,16H,5-6,12H2,1-4H3. The number of hydrogen-bond donors (Lipinski definition) is 0. The van der Waals surface area contributed by atoms with Crippen molar-refractivity contribution < 1.29 is 9.53 Å². The van der Waals surface area contributed by atoms with Crippen LogP contribution >= 0.6 is 0 Å². The fourth-order valence-electron chi connectivity index (χ4n) is 6.06. The molecule has 0 aromatic heterocycles. The summed E-state index contributed by atoms with van der Waals surface area (Å²) in [7, 11) is 0. The van der Waals surface area contributed by atoms with E-state index in [9.17, 15) is 4.79 Å². The van der Waals surface area contributed by atoms with Gasteiger partial charge < -0.3 is 4.74 Å². The summed E-state index contributed by atoms with van der Waals surface area (Å²) >= 11 is 0. The number of ether oxygens (including phenoxy) is 1. The number of rotatable bonds is 12. The zero-order chi connectivity index (χ0) is 34.1. The molecule has 0 N–H and O–H groups in total. The Labute approximate surface area is 274 Å². The predicted octanol–water partition coefficient (Wildman–Crippen LogP) is 12.9. The normalized spacial score (nSPS) is 14.7. The minimum atomic E-state index is -0.532. The van der Waals surface area contributed by atoms with Crippen molar-refractivity contribution in [3.8, 4) is 5.75 Å². The van der Waals surface area contributed by atoms with Gasteiger partial charge in [-0.2, -0.15) is 0 Å². The molecule has 0 aliphatic heterocycles. The Morgan fingerprint density at radius 3 is 1.57 bits per heavy atom. The van der Waals surface area contributed by atoms with Gasteiger partial charge in [-0.1, -0.05) is 153 Å². The summed E-state index contributed by atoms with van der Waals surface area (Å²) in [5.74, 6) is 3.33. The van der Waals surface area contributed by atoms with E-state index < -0.39 is 5.41 Å². The second-order valence-corrected chi connectivity index (χ2v) is 17.0. The van der Waals surface area contributed by atoms with Gasteiger partial charge in [0, 0.05) is 0 Å². The first-order chi connectivity index (χ1) is 20.1. The molecule has 2 aromatic carbocycles. The molecule has 0 amide bonds. The van der Waals surface area contributed by atoms with Crippen molar-refractivity contribution in [2.24, 2.45) is 28.6 Å². The molecule has 0 fully saturated rings. The highest BCUT2D eigenvalue weighted by molar-refractivity contribution is 5.80. The van der Waals surface area contributed by atoms with Crippen LogP contribution in [0.25, 0.3) is 0 Å². The highest BCUT2D eigenvalue weighted by Crippen LogP contribution is 2.47. The van der Waals surface area contributed by atoms with Crippen LogP contribution in [0.5, 0.6) is 5.75 Å². The second-order valence-electron chi connectivity index (χ2n) is 17.0. The molecular formula is C42H70O2. The van der Waals surface area contributed by atoms with Crippen molar-refractivity contribution in [3.63, 3.8) is 0 Å².